The monoisotopic (exact) mass is 222 g/mol. The van der Waals surface area contributed by atoms with E-state index in [1.165, 1.54) is 12.3 Å². The topological polar surface area (TPSA) is 30.2 Å². The predicted molar refractivity (Wildman–Crippen MR) is 37.7 cm³/mol. The molecular weight excluding hydrogens is 219 g/mol. The lowest BCUT2D eigenvalue weighted by Gasteiger charge is -1.80. The molecule has 0 bridgehead atoms. The van der Waals surface area contributed by atoms with E-state index in [4.69, 9.17) is 0 Å². The van der Waals surface area contributed by atoms with Gasteiger partial charge in [-0.25, -0.2) is 4.79 Å². The van der Waals surface area contributed by atoms with Gasteiger partial charge in [-0.15, -0.1) is 0 Å². The summed E-state index contributed by atoms with van der Waals surface area (Å²) in [6.07, 6.45) is 1.42. The Morgan fingerprint density at radius 1 is 1.50 bits per heavy atom. The summed E-state index contributed by atoms with van der Waals surface area (Å²) in [4.78, 5) is 10.3. The Morgan fingerprint density at radius 2 is 2.25 bits per heavy atom. The molecule has 0 aliphatic heterocycles. The number of rotatable bonds is 0. The Bertz CT molecular complexity index is 208. The van der Waals surface area contributed by atoms with Crippen molar-refractivity contribution in [3.63, 3.8) is 0 Å². The number of halogens is 1. The molecule has 2 nitrogen and oxygen atoms in total. The zero-order chi connectivity index (χ0) is 5.98. The minimum atomic E-state index is -0.301. The van der Waals surface area contributed by atoms with Crippen molar-refractivity contribution in [2.24, 2.45) is 0 Å². The van der Waals surface area contributed by atoms with E-state index in [0.29, 0.717) is 0 Å². The average Bonchev–Trinajstić information content (AvgIpc) is 1.77. The predicted octanol–water partition coefficient (Wildman–Crippen LogP) is 1.24. The molecule has 0 N–H and O–H groups in total. The maximum atomic E-state index is 10.3. The summed E-state index contributed by atoms with van der Waals surface area (Å²) in [6, 6.07) is 3.09. The van der Waals surface area contributed by atoms with E-state index in [9.17, 15) is 4.79 Å². The summed E-state index contributed by atoms with van der Waals surface area (Å²) in [5, 5.41) is 0. The highest BCUT2D eigenvalue weighted by Crippen LogP contribution is 1.97. The highest BCUT2D eigenvalue weighted by Gasteiger charge is 1.83. The second kappa shape index (κ2) is 2.30. The molecule has 0 fully saturated rings. The lowest BCUT2D eigenvalue weighted by Crippen LogP contribution is -1.92. The average molecular weight is 222 g/mol. The third-order valence-corrected chi connectivity index (χ3v) is 1.28. The molecule has 0 amide bonds. The maximum absolute atomic E-state index is 10.3. The van der Waals surface area contributed by atoms with E-state index in [1.54, 1.807) is 6.07 Å². The molecule has 8 heavy (non-hydrogen) atoms. The molecular formula is C5H3IO2. The molecule has 0 aromatic carbocycles. The fraction of sp³-hybridized carbons (Fsp3) is 0. The molecule has 0 aliphatic carbocycles. The van der Waals surface area contributed by atoms with Crippen LogP contribution in [-0.4, -0.2) is 0 Å². The van der Waals surface area contributed by atoms with Gasteiger partial charge in [-0.1, -0.05) is 0 Å². The Morgan fingerprint density at radius 3 is 2.62 bits per heavy atom. The van der Waals surface area contributed by atoms with Gasteiger partial charge in [-0.2, -0.15) is 0 Å². The van der Waals surface area contributed by atoms with Crippen molar-refractivity contribution < 1.29 is 4.42 Å². The normalized spacial score (nSPS) is 9.12. The summed E-state index contributed by atoms with van der Waals surface area (Å²) in [7, 11) is 0. The van der Waals surface area contributed by atoms with Crippen LogP contribution < -0.4 is 5.63 Å². The maximum Gasteiger partial charge on any atom is 0.335 e. The van der Waals surface area contributed by atoms with Crippen LogP contribution in [0.3, 0.4) is 0 Å². The molecule has 0 saturated heterocycles. The number of hydrogen-bond acceptors (Lipinski definition) is 2. The van der Waals surface area contributed by atoms with E-state index in [0.717, 1.165) is 3.57 Å². The number of hydrogen-bond donors (Lipinski definition) is 0. The van der Waals surface area contributed by atoms with Crippen LogP contribution in [0.15, 0.2) is 27.6 Å². The van der Waals surface area contributed by atoms with Crippen LogP contribution in [0.1, 0.15) is 0 Å². The van der Waals surface area contributed by atoms with Gasteiger partial charge >= 0.3 is 5.63 Å². The first-order valence-corrected chi connectivity index (χ1v) is 3.11. The molecule has 0 aliphatic rings. The van der Waals surface area contributed by atoms with E-state index in [-0.39, 0.29) is 5.63 Å². The molecule has 1 heterocycles. The van der Waals surface area contributed by atoms with Gasteiger partial charge in [0.1, 0.15) is 6.26 Å². The Labute approximate surface area is 59.7 Å². The smallest absolute Gasteiger partial charge is 0.335 e. The van der Waals surface area contributed by atoms with Crippen molar-refractivity contribution in [3.8, 4) is 0 Å². The standard InChI is InChI=1S/C5H3IO2/c6-4-1-2-5(7)8-3-4/h1-3H. The summed E-state index contributed by atoms with van der Waals surface area (Å²) in [5.41, 5.74) is -0.301. The van der Waals surface area contributed by atoms with E-state index in [2.05, 4.69) is 27.0 Å². The zero-order valence-electron chi connectivity index (χ0n) is 3.93. The highest BCUT2D eigenvalue weighted by atomic mass is 127. The van der Waals surface area contributed by atoms with Crippen LogP contribution >= 0.6 is 22.6 Å². The van der Waals surface area contributed by atoms with Crippen molar-refractivity contribution in [2.45, 2.75) is 0 Å². The molecule has 42 valence electrons. The summed E-state index contributed by atoms with van der Waals surface area (Å²) >= 11 is 2.06. The van der Waals surface area contributed by atoms with Crippen molar-refractivity contribution in [3.05, 3.63) is 32.4 Å². The molecule has 0 spiro atoms. The largest absolute Gasteiger partial charge is 0.430 e. The second-order valence-corrected chi connectivity index (χ2v) is 2.52. The Kier molecular flexibility index (Phi) is 1.67. The summed E-state index contributed by atoms with van der Waals surface area (Å²) in [6.45, 7) is 0. The lowest BCUT2D eigenvalue weighted by atomic mass is 10.5. The van der Waals surface area contributed by atoms with Gasteiger partial charge in [0.05, 0.1) is 0 Å². The first-order valence-electron chi connectivity index (χ1n) is 2.03. The summed E-state index contributed by atoms with van der Waals surface area (Å²) in [5.74, 6) is 0. The minimum Gasteiger partial charge on any atom is -0.430 e. The molecule has 1 aromatic heterocycles. The Hall–Kier alpha value is -0.320. The van der Waals surface area contributed by atoms with Crippen molar-refractivity contribution in [1.29, 1.82) is 0 Å². The third-order valence-electron chi connectivity index (χ3n) is 0.666. The van der Waals surface area contributed by atoms with Crippen LogP contribution in [0.2, 0.25) is 0 Å². The van der Waals surface area contributed by atoms with Gasteiger partial charge in [0.15, 0.2) is 0 Å². The zero-order valence-corrected chi connectivity index (χ0v) is 6.08. The van der Waals surface area contributed by atoms with Crippen LogP contribution in [0.5, 0.6) is 0 Å². The van der Waals surface area contributed by atoms with Gasteiger partial charge in [0.25, 0.3) is 0 Å². The molecule has 0 atom stereocenters. The molecule has 0 saturated carbocycles. The van der Waals surface area contributed by atoms with Gasteiger partial charge in [0.2, 0.25) is 0 Å². The molecule has 0 unspecified atom stereocenters. The summed E-state index contributed by atoms with van der Waals surface area (Å²) < 4.78 is 5.43. The molecule has 0 radical (unpaired) electrons. The van der Waals surface area contributed by atoms with E-state index in [1.807, 2.05) is 0 Å². The van der Waals surface area contributed by atoms with Gasteiger partial charge in [0, 0.05) is 9.64 Å². The quantitative estimate of drug-likeness (QED) is 0.618. The fourth-order valence-corrected chi connectivity index (χ4v) is 0.648. The molecule has 1 aromatic rings. The Balaban J connectivity index is 3.22. The van der Waals surface area contributed by atoms with Crippen molar-refractivity contribution in [2.75, 3.05) is 0 Å². The van der Waals surface area contributed by atoms with E-state index >= 15 is 0 Å². The first kappa shape index (κ1) is 5.81. The van der Waals surface area contributed by atoms with Crippen LogP contribution in [0.4, 0.5) is 0 Å². The lowest BCUT2D eigenvalue weighted by molar-refractivity contribution is 0.507. The van der Waals surface area contributed by atoms with Crippen molar-refractivity contribution in [1.82, 2.24) is 0 Å². The SMILES string of the molecule is O=c1ccc(I)co1. The van der Waals surface area contributed by atoms with Crippen LogP contribution in [0, 0.1) is 3.57 Å². The molecule has 3 heteroatoms. The van der Waals surface area contributed by atoms with Gasteiger partial charge in [-0.3, -0.25) is 0 Å². The van der Waals surface area contributed by atoms with E-state index < -0.39 is 0 Å². The van der Waals surface area contributed by atoms with Gasteiger partial charge < -0.3 is 4.42 Å². The fourth-order valence-electron chi connectivity index (χ4n) is 0.341. The minimum absolute atomic E-state index is 0.301. The van der Waals surface area contributed by atoms with Gasteiger partial charge in [-0.05, 0) is 28.7 Å². The first-order chi connectivity index (χ1) is 3.79. The third kappa shape index (κ3) is 1.33. The molecule has 1 rings (SSSR count). The van der Waals surface area contributed by atoms with Crippen molar-refractivity contribution >= 4 is 22.6 Å². The highest BCUT2D eigenvalue weighted by molar-refractivity contribution is 14.1. The van der Waals surface area contributed by atoms with Crippen LogP contribution in [0.25, 0.3) is 0 Å². The van der Waals surface area contributed by atoms with Crippen LogP contribution in [-0.2, 0) is 0 Å². The second-order valence-electron chi connectivity index (χ2n) is 1.27.